The first kappa shape index (κ1) is 9.55. The second-order valence-corrected chi connectivity index (χ2v) is 6.36. The quantitative estimate of drug-likeness (QED) is 0.523. The van der Waals surface area contributed by atoms with Crippen molar-refractivity contribution in [2.75, 3.05) is 0 Å². The fourth-order valence-corrected chi connectivity index (χ4v) is 3.77. The Labute approximate surface area is 83.1 Å². The minimum atomic E-state index is 0.642. The largest absolute Gasteiger partial charge is 0.0625 e. The second-order valence-electron chi connectivity index (χ2n) is 6.36. The van der Waals surface area contributed by atoms with Crippen molar-refractivity contribution in [3.05, 3.63) is 0 Å². The van der Waals surface area contributed by atoms with Crippen LogP contribution in [0.4, 0.5) is 0 Å². The Hall–Kier alpha value is 0. The van der Waals surface area contributed by atoms with Crippen molar-refractivity contribution in [2.24, 2.45) is 23.2 Å². The van der Waals surface area contributed by atoms with E-state index in [2.05, 4.69) is 20.8 Å². The van der Waals surface area contributed by atoms with Crippen LogP contribution in [0.25, 0.3) is 0 Å². The molecule has 2 aliphatic rings. The van der Waals surface area contributed by atoms with Crippen molar-refractivity contribution in [3.8, 4) is 0 Å². The minimum absolute atomic E-state index is 0.642. The van der Waals surface area contributed by atoms with Crippen LogP contribution in [0.3, 0.4) is 0 Å². The van der Waals surface area contributed by atoms with Gasteiger partial charge in [0, 0.05) is 0 Å². The van der Waals surface area contributed by atoms with Gasteiger partial charge in [-0.3, -0.25) is 0 Å². The van der Waals surface area contributed by atoms with E-state index < -0.39 is 0 Å². The molecule has 0 aromatic rings. The summed E-state index contributed by atoms with van der Waals surface area (Å²) in [6.07, 6.45) is 9.03. The summed E-state index contributed by atoms with van der Waals surface area (Å²) in [6, 6.07) is 0. The van der Waals surface area contributed by atoms with E-state index in [1.165, 1.54) is 38.5 Å². The van der Waals surface area contributed by atoms with Crippen molar-refractivity contribution in [3.63, 3.8) is 0 Å². The summed E-state index contributed by atoms with van der Waals surface area (Å²) in [5.74, 6) is 3.19. The molecule has 0 aliphatic heterocycles. The van der Waals surface area contributed by atoms with Crippen LogP contribution in [0.15, 0.2) is 0 Å². The molecule has 2 saturated carbocycles. The van der Waals surface area contributed by atoms with Gasteiger partial charge in [-0.2, -0.15) is 0 Å². The molecular weight excluding hydrogens is 156 g/mol. The van der Waals surface area contributed by atoms with E-state index in [1.807, 2.05) is 0 Å². The van der Waals surface area contributed by atoms with Crippen molar-refractivity contribution < 1.29 is 0 Å². The maximum Gasteiger partial charge on any atom is -0.0351 e. The lowest BCUT2D eigenvalue weighted by Crippen LogP contribution is -2.15. The lowest BCUT2D eigenvalue weighted by Gasteiger charge is -2.26. The van der Waals surface area contributed by atoms with E-state index in [0.29, 0.717) is 5.41 Å². The molecule has 0 aromatic carbocycles. The van der Waals surface area contributed by atoms with Crippen molar-refractivity contribution in [1.29, 1.82) is 0 Å². The first-order valence-corrected chi connectivity index (χ1v) is 6.07. The van der Waals surface area contributed by atoms with Gasteiger partial charge in [-0.15, -0.1) is 0 Å². The van der Waals surface area contributed by atoms with Crippen molar-refractivity contribution in [1.82, 2.24) is 0 Å². The lowest BCUT2D eigenvalue weighted by molar-refractivity contribution is 0.249. The highest BCUT2D eigenvalue weighted by Gasteiger charge is 2.37. The van der Waals surface area contributed by atoms with Gasteiger partial charge in [-0.25, -0.2) is 0 Å². The predicted molar refractivity (Wildman–Crippen MR) is 57.6 cm³/mol. The number of fused-ring (bicyclic) bond motifs is 1. The summed E-state index contributed by atoms with van der Waals surface area (Å²) in [6.45, 7) is 7.39. The van der Waals surface area contributed by atoms with Crippen LogP contribution in [-0.2, 0) is 0 Å². The molecule has 0 N–H and O–H groups in total. The molecule has 3 atom stereocenters. The van der Waals surface area contributed by atoms with Crippen LogP contribution in [0.1, 0.15) is 59.3 Å². The zero-order chi connectivity index (χ0) is 9.47. The Balaban J connectivity index is 2.05. The van der Waals surface area contributed by atoms with Gasteiger partial charge in [0.05, 0.1) is 0 Å². The van der Waals surface area contributed by atoms with E-state index >= 15 is 0 Å². The third-order valence-electron chi connectivity index (χ3n) is 4.32. The summed E-state index contributed by atoms with van der Waals surface area (Å²) < 4.78 is 0. The summed E-state index contributed by atoms with van der Waals surface area (Å²) in [5, 5.41) is 0. The van der Waals surface area contributed by atoms with Crippen LogP contribution in [0, 0.1) is 23.2 Å². The Morgan fingerprint density at radius 1 is 1.08 bits per heavy atom. The number of rotatable bonds is 0. The fourth-order valence-electron chi connectivity index (χ4n) is 3.77. The van der Waals surface area contributed by atoms with Gasteiger partial charge in [0.25, 0.3) is 0 Å². The normalized spacial score (nSPS) is 44.1. The van der Waals surface area contributed by atoms with Gasteiger partial charge in [0.15, 0.2) is 0 Å². The zero-order valence-electron chi connectivity index (χ0n) is 9.47. The molecule has 0 radical (unpaired) electrons. The molecule has 0 heteroatoms. The summed E-state index contributed by atoms with van der Waals surface area (Å²) in [5.41, 5.74) is 0.642. The average Bonchev–Trinajstić information content (AvgIpc) is 2.23. The van der Waals surface area contributed by atoms with Crippen LogP contribution < -0.4 is 0 Å². The first-order valence-electron chi connectivity index (χ1n) is 6.07. The predicted octanol–water partition coefficient (Wildman–Crippen LogP) is 4.25. The highest BCUT2D eigenvalue weighted by Crippen LogP contribution is 2.48. The zero-order valence-corrected chi connectivity index (χ0v) is 9.47. The Morgan fingerprint density at radius 2 is 1.77 bits per heavy atom. The molecule has 0 aromatic heterocycles. The number of hydrogen-bond acceptors (Lipinski definition) is 0. The third-order valence-corrected chi connectivity index (χ3v) is 4.32. The highest BCUT2D eigenvalue weighted by atomic mass is 14.4. The topological polar surface area (TPSA) is 0 Å². The van der Waals surface area contributed by atoms with Gasteiger partial charge in [0.2, 0.25) is 0 Å². The van der Waals surface area contributed by atoms with Gasteiger partial charge in [0.1, 0.15) is 0 Å². The van der Waals surface area contributed by atoms with Gasteiger partial charge >= 0.3 is 0 Å². The molecule has 0 nitrogen and oxygen atoms in total. The molecule has 76 valence electrons. The molecular formula is C13H24. The van der Waals surface area contributed by atoms with E-state index in [4.69, 9.17) is 0 Å². The maximum absolute atomic E-state index is 2.47. The van der Waals surface area contributed by atoms with Gasteiger partial charge < -0.3 is 0 Å². The molecule has 2 fully saturated rings. The monoisotopic (exact) mass is 180 g/mol. The Kier molecular flexibility index (Phi) is 2.42. The molecule has 0 amide bonds. The summed E-state index contributed by atoms with van der Waals surface area (Å²) in [4.78, 5) is 0. The van der Waals surface area contributed by atoms with E-state index in [9.17, 15) is 0 Å². The third kappa shape index (κ3) is 2.08. The second kappa shape index (κ2) is 3.29. The number of hydrogen-bond donors (Lipinski definition) is 0. The minimum Gasteiger partial charge on any atom is -0.0625 e. The fraction of sp³-hybridized carbons (Fsp3) is 1.00. The molecule has 0 bridgehead atoms. The summed E-state index contributed by atoms with van der Waals surface area (Å²) >= 11 is 0. The molecule has 3 unspecified atom stereocenters. The first-order chi connectivity index (χ1) is 6.07. The Morgan fingerprint density at radius 3 is 2.54 bits per heavy atom. The van der Waals surface area contributed by atoms with Crippen LogP contribution in [0.5, 0.6) is 0 Å². The van der Waals surface area contributed by atoms with E-state index in [-0.39, 0.29) is 0 Å². The molecule has 2 rings (SSSR count). The SMILES string of the molecule is CC1CC2CCCC(C)(C)CC2C1. The van der Waals surface area contributed by atoms with Gasteiger partial charge in [-0.05, 0) is 48.9 Å². The molecule has 2 aliphatic carbocycles. The molecule has 0 heterocycles. The highest BCUT2D eigenvalue weighted by molar-refractivity contribution is 4.88. The smallest absolute Gasteiger partial charge is 0.0351 e. The molecule has 0 saturated heterocycles. The van der Waals surface area contributed by atoms with Crippen LogP contribution in [0.2, 0.25) is 0 Å². The lowest BCUT2D eigenvalue weighted by atomic mass is 9.80. The van der Waals surface area contributed by atoms with Crippen molar-refractivity contribution >= 4 is 0 Å². The van der Waals surface area contributed by atoms with Crippen LogP contribution in [-0.4, -0.2) is 0 Å². The molecule has 13 heavy (non-hydrogen) atoms. The maximum atomic E-state index is 2.47. The van der Waals surface area contributed by atoms with Crippen molar-refractivity contribution in [2.45, 2.75) is 59.3 Å². The standard InChI is InChI=1S/C13H24/c1-10-7-11-5-4-6-13(2,3)9-12(11)8-10/h10-12H,4-9H2,1-3H3. The average molecular weight is 180 g/mol. The Bertz CT molecular complexity index is 180. The summed E-state index contributed by atoms with van der Waals surface area (Å²) in [7, 11) is 0. The molecule has 0 spiro atoms. The van der Waals surface area contributed by atoms with E-state index in [0.717, 1.165) is 17.8 Å². The van der Waals surface area contributed by atoms with Gasteiger partial charge in [-0.1, -0.05) is 33.6 Å². The van der Waals surface area contributed by atoms with Crippen LogP contribution >= 0.6 is 0 Å². The van der Waals surface area contributed by atoms with E-state index in [1.54, 1.807) is 0 Å².